The highest BCUT2D eigenvalue weighted by Crippen LogP contribution is 2.09. The Bertz CT molecular complexity index is 549. The van der Waals surface area contributed by atoms with Crippen molar-refractivity contribution in [3.63, 3.8) is 0 Å². The minimum Gasteiger partial charge on any atom is -0.481 e. The van der Waals surface area contributed by atoms with Gasteiger partial charge in [0.05, 0.1) is 17.6 Å². The van der Waals surface area contributed by atoms with E-state index in [2.05, 4.69) is 10.6 Å². The van der Waals surface area contributed by atoms with Crippen LogP contribution < -0.4 is 10.6 Å². The molecule has 3 N–H and O–H groups in total. The maximum absolute atomic E-state index is 11.6. The molecule has 0 fully saturated rings. The number of nitrogens with zero attached hydrogens (tertiary/aromatic N) is 1. The molecule has 1 rings (SSSR count). The van der Waals surface area contributed by atoms with Gasteiger partial charge < -0.3 is 15.7 Å². The Morgan fingerprint density at radius 2 is 2.05 bits per heavy atom. The third-order valence-corrected chi connectivity index (χ3v) is 3.11. The van der Waals surface area contributed by atoms with Gasteiger partial charge >= 0.3 is 12.0 Å². The fourth-order valence-corrected chi connectivity index (χ4v) is 1.81. The molecule has 0 aromatic heterocycles. The predicted molar refractivity (Wildman–Crippen MR) is 77.4 cm³/mol. The number of aliphatic carboxylic acids is 1. The highest BCUT2D eigenvalue weighted by molar-refractivity contribution is 5.75. The van der Waals surface area contributed by atoms with Crippen molar-refractivity contribution in [2.75, 3.05) is 6.54 Å². The zero-order valence-corrected chi connectivity index (χ0v) is 12.1. The first kappa shape index (κ1) is 16.5. The zero-order valence-electron chi connectivity index (χ0n) is 12.1. The van der Waals surface area contributed by atoms with Gasteiger partial charge in [-0.3, -0.25) is 4.79 Å². The van der Waals surface area contributed by atoms with E-state index in [9.17, 15) is 9.59 Å². The lowest BCUT2D eigenvalue weighted by molar-refractivity contribution is -0.142. The van der Waals surface area contributed by atoms with E-state index in [0.717, 1.165) is 5.56 Å². The van der Waals surface area contributed by atoms with Crippen molar-refractivity contribution in [1.82, 2.24) is 10.6 Å². The number of rotatable bonds is 6. The molecule has 6 nitrogen and oxygen atoms in total. The van der Waals surface area contributed by atoms with Crippen LogP contribution in [0, 0.1) is 23.2 Å². The third kappa shape index (κ3) is 5.53. The maximum Gasteiger partial charge on any atom is 0.315 e. The number of nitrogens with one attached hydrogen (secondary N) is 2. The van der Waals surface area contributed by atoms with Crippen LogP contribution in [0.25, 0.3) is 0 Å². The molecule has 0 aliphatic heterocycles. The summed E-state index contributed by atoms with van der Waals surface area (Å²) in [6, 6.07) is 8.52. The quantitative estimate of drug-likeness (QED) is 0.741. The van der Waals surface area contributed by atoms with Crippen LogP contribution in [0.1, 0.15) is 25.0 Å². The fourth-order valence-electron chi connectivity index (χ4n) is 1.81. The van der Waals surface area contributed by atoms with Crippen LogP contribution in [0.15, 0.2) is 24.3 Å². The Labute approximate surface area is 123 Å². The number of carboxylic acids is 1. The van der Waals surface area contributed by atoms with Crippen molar-refractivity contribution in [1.29, 1.82) is 5.26 Å². The molecule has 1 aromatic carbocycles. The van der Waals surface area contributed by atoms with Crippen LogP contribution in [0.3, 0.4) is 0 Å². The number of carbonyl (C=O) groups is 2. The van der Waals surface area contributed by atoms with Crippen LogP contribution in [0.4, 0.5) is 4.79 Å². The summed E-state index contributed by atoms with van der Waals surface area (Å²) in [5, 5.41) is 23.0. The van der Waals surface area contributed by atoms with Gasteiger partial charge in [-0.25, -0.2) is 4.79 Å². The molecule has 0 aliphatic carbocycles. The van der Waals surface area contributed by atoms with Gasteiger partial charge in [-0.15, -0.1) is 0 Å². The third-order valence-electron chi connectivity index (χ3n) is 3.11. The Morgan fingerprint density at radius 1 is 1.33 bits per heavy atom. The van der Waals surface area contributed by atoms with E-state index in [1.807, 2.05) is 6.07 Å². The van der Waals surface area contributed by atoms with Crippen molar-refractivity contribution < 1.29 is 14.7 Å². The largest absolute Gasteiger partial charge is 0.481 e. The van der Waals surface area contributed by atoms with Crippen molar-refractivity contribution in [2.24, 2.45) is 11.8 Å². The number of urea groups is 1. The first-order valence-corrected chi connectivity index (χ1v) is 6.67. The average Bonchev–Trinajstić information content (AvgIpc) is 2.44. The Balaban J connectivity index is 2.44. The lowest BCUT2D eigenvalue weighted by Gasteiger charge is -2.17. The lowest BCUT2D eigenvalue weighted by atomic mass is 9.96. The van der Waals surface area contributed by atoms with Crippen LogP contribution in [-0.2, 0) is 11.3 Å². The van der Waals surface area contributed by atoms with Gasteiger partial charge in [0.25, 0.3) is 0 Å². The summed E-state index contributed by atoms with van der Waals surface area (Å²) in [6.07, 6.45) is 0. The number of nitriles is 1. The van der Waals surface area contributed by atoms with Gasteiger partial charge in [-0.1, -0.05) is 26.0 Å². The zero-order chi connectivity index (χ0) is 15.8. The molecule has 0 radical (unpaired) electrons. The molecule has 1 unspecified atom stereocenters. The molecule has 21 heavy (non-hydrogen) atoms. The molecular formula is C15H19N3O3. The molecule has 0 heterocycles. The van der Waals surface area contributed by atoms with Crippen LogP contribution in [0.2, 0.25) is 0 Å². The van der Waals surface area contributed by atoms with Crippen molar-refractivity contribution in [3.05, 3.63) is 35.4 Å². The summed E-state index contributed by atoms with van der Waals surface area (Å²) in [5.41, 5.74) is 1.34. The van der Waals surface area contributed by atoms with E-state index in [1.54, 1.807) is 38.1 Å². The van der Waals surface area contributed by atoms with Gasteiger partial charge in [0.2, 0.25) is 0 Å². The van der Waals surface area contributed by atoms with Gasteiger partial charge in [0, 0.05) is 13.1 Å². The molecule has 112 valence electrons. The van der Waals surface area contributed by atoms with Crippen LogP contribution >= 0.6 is 0 Å². The van der Waals surface area contributed by atoms with Gasteiger partial charge in [-0.05, 0) is 23.6 Å². The summed E-state index contributed by atoms with van der Waals surface area (Å²) < 4.78 is 0. The number of benzene rings is 1. The summed E-state index contributed by atoms with van der Waals surface area (Å²) >= 11 is 0. The number of hydrogen-bond donors (Lipinski definition) is 3. The molecule has 0 bridgehead atoms. The Kier molecular flexibility index (Phi) is 6.21. The summed E-state index contributed by atoms with van der Waals surface area (Å²) in [7, 11) is 0. The van der Waals surface area contributed by atoms with Crippen LogP contribution in [0.5, 0.6) is 0 Å². The van der Waals surface area contributed by atoms with E-state index in [0.29, 0.717) is 5.56 Å². The first-order chi connectivity index (χ1) is 9.93. The predicted octanol–water partition coefficient (Wildman–Crippen LogP) is 1.71. The second-order valence-electron chi connectivity index (χ2n) is 5.06. The molecule has 6 heteroatoms. The standard InChI is InChI=1S/C15H19N3O3/c1-10(2)13(14(19)20)9-18-15(21)17-8-12-5-3-4-11(6-12)7-16/h3-6,10,13H,8-9H2,1-2H3,(H,19,20)(H2,17,18,21). The van der Waals surface area contributed by atoms with E-state index in [4.69, 9.17) is 10.4 Å². The molecule has 0 aliphatic rings. The molecular weight excluding hydrogens is 270 g/mol. The molecule has 0 saturated heterocycles. The minimum absolute atomic E-state index is 0.0601. The van der Waals surface area contributed by atoms with Crippen molar-refractivity contribution in [2.45, 2.75) is 20.4 Å². The van der Waals surface area contributed by atoms with Crippen molar-refractivity contribution in [3.8, 4) is 6.07 Å². The van der Waals surface area contributed by atoms with E-state index < -0.39 is 17.9 Å². The lowest BCUT2D eigenvalue weighted by Crippen LogP contribution is -2.41. The highest BCUT2D eigenvalue weighted by atomic mass is 16.4. The summed E-state index contributed by atoms with van der Waals surface area (Å²) in [5.74, 6) is -1.60. The van der Waals surface area contributed by atoms with E-state index in [-0.39, 0.29) is 19.0 Å². The molecule has 0 spiro atoms. The Hall–Kier alpha value is -2.55. The fraction of sp³-hybridized carbons (Fsp3) is 0.400. The highest BCUT2D eigenvalue weighted by Gasteiger charge is 2.21. The molecule has 2 amide bonds. The smallest absolute Gasteiger partial charge is 0.315 e. The monoisotopic (exact) mass is 289 g/mol. The Morgan fingerprint density at radius 3 is 2.62 bits per heavy atom. The maximum atomic E-state index is 11.6. The summed E-state index contributed by atoms with van der Waals surface area (Å²) in [4.78, 5) is 22.6. The summed E-state index contributed by atoms with van der Waals surface area (Å²) in [6.45, 7) is 3.95. The topological polar surface area (TPSA) is 102 Å². The number of amides is 2. The number of hydrogen-bond acceptors (Lipinski definition) is 3. The second-order valence-corrected chi connectivity index (χ2v) is 5.06. The van der Waals surface area contributed by atoms with Crippen LogP contribution in [-0.4, -0.2) is 23.7 Å². The van der Waals surface area contributed by atoms with Gasteiger partial charge in [0.15, 0.2) is 0 Å². The van der Waals surface area contributed by atoms with E-state index >= 15 is 0 Å². The molecule has 1 atom stereocenters. The van der Waals surface area contributed by atoms with Gasteiger partial charge in [0.1, 0.15) is 0 Å². The normalized spacial score (nSPS) is 11.5. The van der Waals surface area contributed by atoms with Crippen molar-refractivity contribution >= 4 is 12.0 Å². The van der Waals surface area contributed by atoms with Gasteiger partial charge in [-0.2, -0.15) is 5.26 Å². The number of carboxylic acid groups (broad SMARTS) is 1. The average molecular weight is 289 g/mol. The molecule has 0 saturated carbocycles. The minimum atomic E-state index is -0.924. The SMILES string of the molecule is CC(C)C(CNC(=O)NCc1cccc(C#N)c1)C(=O)O. The first-order valence-electron chi connectivity index (χ1n) is 6.67. The second kappa shape index (κ2) is 7.90. The van der Waals surface area contributed by atoms with E-state index in [1.165, 1.54) is 0 Å². The number of carbonyl (C=O) groups excluding carboxylic acids is 1. The molecule has 1 aromatic rings.